The molecular formula is C15H26N2O2S. The van der Waals surface area contributed by atoms with Crippen molar-refractivity contribution in [1.29, 1.82) is 0 Å². The van der Waals surface area contributed by atoms with Crippen LogP contribution < -0.4 is 5.73 Å². The second kappa shape index (κ2) is 6.59. The first-order valence-electron chi connectivity index (χ1n) is 7.10. The Labute approximate surface area is 123 Å². The van der Waals surface area contributed by atoms with Gasteiger partial charge in [0.15, 0.2) is 0 Å². The molecule has 0 amide bonds. The molecule has 0 radical (unpaired) electrons. The maximum atomic E-state index is 12.7. The van der Waals surface area contributed by atoms with Crippen molar-refractivity contribution in [2.24, 2.45) is 5.92 Å². The fraction of sp³-hybridized carbons (Fsp3) is 0.600. The number of hydrogen-bond acceptors (Lipinski definition) is 3. The molecule has 0 heterocycles. The average Bonchev–Trinajstić information content (AvgIpc) is 2.39. The molecule has 0 aliphatic rings. The van der Waals surface area contributed by atoms with Gasteiger partial charge < -0.3 is 5.73 Å². The highest BCUT2D eigenvalue weighted by atomic mass is 32.2. The summed E-state index contributed by atoms with van der Waals surface area (Å²) in [7, 11) is -3.52. The van der Waals surface area contributed by atoms with Gasteiger partial charge >= 0.3 is 0 Å². The lowest BCUT2D eigenvalue weighted by Crippen LogP contribution is -2.35. The third-order valence-corrected chi connectivity index (χ3v) is 5.81. The molecule has 1 aromatic rings. The largest absolute Gasteiger partial charge is 0.398 e. The van der Waals surface area contributed by atoms with Crippen LogP contribution in [0.2, 0.25) is 0 Å². The van der Waals surface area contributed by atoms with Gasteiger partial charge in [-0.25, -0.2) is 8.42 Å². The highest BCUT2D eigenvalue weighted by Gasteiger charge is 2.26. The summed E-state index contributed by atoms with van der Waals surface area (Å²) in [4.78, 5) is 0.228. The van der Waals surface area contributed by atoms with Gasteiger partial charge in [0.25, 0.3) is 0 Å². The van der Waals surface area contributed by atoms with E-state index in [0.29, 0.717) is 24.7 Å². The summed E-state index contributed by atoms with van der Waals surface area (Å²) in [5.74, 6) is 0.331. The van der Waals surface area contributed by atoms with Gasteiger partial charge in [0, 0.05) is 13.1 Å². The maximum absolute atomic E-state index is 12.7. The van der Waals surface area contributed by atoms with E-state index in [-0.39, 0.29) is 4.90 Å². The van der Waals surface area contributed by atoms with Crippen molar-refractivity contribution in [2.75, 3.05) is 18.8 Å². The number of aryl methyl sites for hydroxylation is 2. The Kier molecular flexibility index (Phi) is 5.59. The monoisotopic (exact) mass is 298 g/mol. The molecule has 0 bridgehead atoms. The SMILES string of the molecule is CCC(C)CN(CC)S(=O)(=O)c1cc(C)c(C)cc1N. The zero-order valence-electron chi connectivity index (χ0n) is 13.1. The van der Waals surface area contributed by atoms with Crippen molar-refractivity contribution >= 4 is 15.7 Å². The highest BCUT2D eigenvalue weighted by molar-refractivity contribution is 7.89. The summed E-state index contributed by atoms with van der Waals surface area (Å²) < 4.78 is 27.0. The van der Waals surface area contributed by atoms with Crippen molar-refractivity contribution < 1.29 is 8.42 Å². The summed E-state index contributed by atoms with van der Waals surface area (Å²) in [6.45, 7) is 10.8. The molecule has 1 atom stereocenters. The molecule has 4 nitrogen and oxygen atoms in total. The summed E-state index contributed by atoms with van der Waals surface area (Å²) >= 11 is 0. The van der Waals surface area contributed by atoms with Gasteiger partial charge in [-0.15, -0.1) is 0 Å². The van der Waals surface area contributed by atoms with Crippen LogP contribution in [0.25, 0.3) is 0 Å². The standard InChI is InChI=1S/C15H26N2O2S/c1-6-11(3)10-17(7-2)20(18,19)15-9-13(5)12(4)8-14(15)16/h8-9,11H,6-7,10,16H2,1-5H3. The van der Waals surface area contributed by atoms with Crippen LogP contribution in [-0.4, -0.2) is 25.8 Å². The second-order valence-electron chi connectivity index (χ2n) is 5.44. The summed E-state index contributed by atoms with van der Waals surface area (Å²) in [6, 6.07) is 3.42. The van der Waals surface area contributed by atoms with Gasteiger partial charge in [0.2, 0.25) is 10.0 Å². The highest BCUT2D eigenvalue weighted by Crippen LogP contribution is 2.26. The van der Waals surface area contributed by atoms with Crippen molar-refractivity contribution in [2.45, 2.75) is 45.9 Å². The minimum atomic E-state index is -3.52. The number of benzene rings is 1. The Morgan fingerprint density at radius 3 is 2.25 bits per heavy atom. The Morgan fingerprint density at radius 2 is 1.75 bits per heavy atom. The number of nitrogen functional groups attached to an aromatic ring is 1. The Balaban J connectivity index is 3.24. The van der Waals surface area contributed by atoms with Gasteiger partial charge in [-0.1, -0.05) is 27.2 Å². The normalized spacial score (nSPS) is 13.7. The first kappa shape index (κ1) is 17.0. The summed E-state index contributed by atoms with van der Waals surface area (Å²) in [5.41, 5.74) is 8.20. The molecule has 0 aromatic heterocycles. The predicted molar refractivity (Wildman–Crippen MR) is 84.2 cm³/mol. The lowest BCUT2D eigenvalue weighted by atomic mass is 10.1. The van der Waals surface area contributed by atoms with Gasteiger partial charge in [0.05, 0.1) is 5.69 Å². The Morgan fingerprint density at radius 1 is 1.20 bits per heavy atom. The van der Waals surface area contributed by atoms with Gasteiger partial charge in [-0.2, -0.15) is 4.31 Å². The lowest BCUT2D eigenvalue weighted by Gasteiger charge is -2.24. The topological polar surface area (TPSA) is 63.4 Å². The van der Waals surface area contributed by atoms with E-state index in [1.807, 2.05) is 20.8 Å². The number of anilines is 1. The van der Waals surface area contributed by atoms with E-state index in [1.165, 1.54) is 4.31 Å². The van der Waals surface area contributed by atoms with E-state index in [2.05, 4.69) is 13.8 Å². The van der Waals surface area contributed by atoms with E-state index in [1.54, 1.807) is 12.1 Å². The number of rotatable bonds is 6. The molecule has 1 aromatic carbocycles. The molecule has 1 unspecified atom stereocenters. The summed E-state index contributed by atoms with van der Waals surface area (Å²) in [6.07, 6.45) is 0.953. The molecular weight excluding hydrogens is 272 g/mol. The summed E-state index contributed by atoms with van der Waals surface area (Å²) in [5, 5.41) is 0. The zero-order valence-corrected chi connectivity index (χ0v) is 13.9. The molecule has 5 heteroatoms. The van der Waals surface area contributed by atoms with Gasteiger partial charge in [-0.05, 0) is 43.0 Å². The molecule has 114 valence electrons. The van der Waals surface area contributed by atoms with Crippen LogP contribution in [0.4, 0.5) is 5.69 Å². The third kappa shape index (κ3) is 3.52. The molecule has 20 heavy (non-hydrogen) atoms. The second-order valence-corrected chi connectivity index (χ2v) is 7.35. The molecule has 1 rings (SSSR count). The molecule has 2 N–H and O–H groups in total. The number of hydrogen-bond donors (Lipinski definition) is 1. The van der Waals surface area contributed by atoms with Crippen molar-refractivity contribution in [3.05, 3.63) is 23.3 Å². The minimum Gasteiger partial charge on any atom is -0.398 e. The van der Waals surface area contributed by atoms with Crippen LogP contribution in [0, 0.1) is 19.8 Å². The van der Waals surface area contributed by atoms with Crippen LogP contribution in [-0.2, 0) is 10.0 Å². The van der Waals surface area contributed by atoms with E-state index >= 15 is 0 Å². The number of sulfonamides is 1. The van der Waals surface area contributed by atoms with Crippen LogP contribution in [0.5, 0.6) is 0 Å². The zero-order chi connectivity index (χ0) is 15.5. The molecule has 0 aliphatic heterocycles. The predicted octanol–water partition coefficient (Wildman–Crippen LogP) is 2.94. The quantitative estimate of drug-likeness (QED) is 0.821. The first-order chi connectivity index (χ1) is 9.23. The van der Waals surface area contributed by atoms with Crippen LogP contribution in [0.1, 0.15) is 38.3 Å². The maximum Gasteiger partial charge on any atom is 0.245 e. The van der Waals surface area contributed by atoms with E-state index in [4.69, 9.17) is 5.73 Å². The third-order valence-electron chi connectivity index (χ3n) is 3.81. The molecule has 0 saturated heterocycles. The smallest absolute Gasteiger partial charge is 0.245 e. The van der Waals surface area contributed by atoms with Crippen LogP contribution in [0.15, 0.2) is 17.0 Å². The van der Waals surface area contributed by atoms with E-state index in [0.717, 1.165) is 17.5 Å². The van der Waals surface area contributed by atoms with Crippen molar-refractivity contribution in [3.8, 4) is 0 Å². The van der Waals surface area contributed by atoms with Crippen LogP contribution in [0.3, 0.4) is 0 Å². The molecule has 0 aliphatic carbocycles. The van der Waals surface area contributed by atoms with Crippen molar-refractivity contribution in [1.82, 2.24) is 4.31 Å². The first-order valence-corrected chi connectivity index (χ1v) is 8.54. The van der Waals surface area contributed by atoms with Gasteiger partial charge in [-0.3, -0.25) is 0 Å². The molecule has 0 spiro atoms. The Bertz CT molecular complexity index is 567. The van der Waals surface area contributed by atoms with E-state index in [9.17, 15) is 8.42 Å². The van der Waals surface area contributed by atoms with Crippen LogP contribution >= 0.6 is 0 Å². The lowest BCUT2D eigenvalue weighted by molar-refractivity contribution is 0.362. The number of nitrogens with two attached hydrogens (primary N) is 1. The Hall–Kier alpha value is -1.07. The van der Waals surface area contributed by atoms with E-state index < -0.39 is 10.0 Å². The molecule has 0 fully saturated rings. The van der Waals surface area contributed by atoms with Crippen molar-refractivity contribution in [3.63, 3.8) is 0 Å². The average molecular weight is 298 g/mol. The minimum absolute atomic E-state index is 0.228. The van der Waals surface area contributed by atoms with Gasteiger partial charge in [0.1, 0.15) is 4.90 Å². The number of nitrogens with zero attached hydrogens (tertiary/aromatic N) is 1. The fourth-order valence-electron chi connectivity index (χ4n) is 2.05. The fourth-order valence-corrected chi connectivity index (χ4v) is 3.80. The molecule has 0 saturated carbocycles.